The molecule has 4 amide bonds. The maximum absolute atomic E-state index is 11.7. The Morgan fingerprint density at radius 3 is 1.30 bits per heavy atom. The average molecular weight is 543 g/mol. The first-order chi connectivity index (χ1) is 18.0. The van der Waals surface area contributed by atoms with Crippen LogP contribution in [0.4, 0.5) is 9.59 Å². The van der Waals surface area contributed by atoms with Crippen LogP contribution in [-0.2, 0) is 22.4 Å². The number of amides is 4. The highest BCUT2D eigenvalue weighted by Crippen LogP contribution is 2.25. The van der Waals surface area contributed by atoms with Crippen molar-refractivity contribution >= 4 is 45.8 Å². The molecule has 0 radical (unpaired) electrons. The number of unbranched alkanes of at least 4 members (excludes halogenated alkanes) is 4. The maximum Gasteiger partial charge on any atom is 0.286 e. The normalized spacial score (nSPS) is 19.1. The van der Waals surface area contributed by atoms with Gasteiger partial charge >= 0.3 is 0 Å². The zero-order chi connectivity index (χ0) is 26.0. The summed E-state index contributed by atoms with van der Waals surface area (Å²) < 4.78 is 11.6. The van der Waals surface area contributed by atoms with E-state index in [9.17, 15) is 19.2 Å². The number of ether oxygens (including phenoxy) is 2. The van der Waals surface area contributed by atoms with Crippen LogP contribution in [0.25, 0.3) is 0 Å². The minimum atomic E-state index is -0.351. The fraction of sp³-hybridized carbons (Fsp3) is 0.407. The molecule has 2 unspecified atom stereocenters. The topological polar surface area (TPSA) is 111 Å². The summed E-state index contributed by atoms with van der Waals surface area (Å²) >= 11 is 2.09. The number of carbonyl (C=O) groups is 4. The van der Waals surface area contributed by atoms with Gasteiger partial charge in [-0.1, -0.05) is 67.1 Å². The Morgan fingerprint density at radius 1 is 0.568 bits per heavy atom. The van der Waals surface area contributed by atoms with E-state index in [0.717, 1.165) is 78.3 Å². The van der Waals surface area contributed by atoms with E-state index in [-0.39, 0.29) is 32.8 Å². The van der Waals surface area contributed by atoms with Gasteiger partial charge in [-0.2, -0.15) is 0 Å². The molecule has 2 aromatic carbocycles. The summed E-state index contributed by atoms with van der Waals surface area (Å²) in [4.78, 5) is 45.9. The van der Waals surface area contributed by atoms with Crippen molar-refractivity contribution in [2.24, 2.45) is 0 Å². The SMILES string of the molecule is O=C1NC(=O)C(Cc2ccc(OCCCCCCCOc3ccc(CC4SC(=O)NC4=O)cc3)cc2)S1. The Bertz CT molecular complexity index is 1020. The molecule has 2 aliphatic heterocycles. The highest BCUT2D eigenvalue weighted by molar-refractivity contribution is 8.15. The monoisotopic (exact) mass is 542 g/mol. The van der Waals surface area contributed by atoms with Crippen LogP contribution in [-0.4, -0.2) is 46.0 Å². The van der Waals surface area contributed by atoms with Crippen LogP contribution in [0.1, 0.15) is 43.2 Å². The molecule has 2 saturated heterocycles. The van der Waals surface area contributed by atoms with E-state index >= 15 is 0 Å². The van der Waals surface area contributed by atoms with E-state index in [1.165, 1.54) is 0 Å². The fourth-order valence-corrected chi connectivity index (χ4v) is 5.76. The first kappa shape index (κ1) is 27.1. The molecule has 0 aliphatic carbocycles. The van der Waals surface area contributed by atoms with E-state index in [0.29, 0.717) is 26.1 Å². The van der Waals surface area contributed by atoms with E-state index in [1.54, 1.807) is 0 Å². The predicted molar refractivity (Wildman–Crippen MR) is 144 cm³/mol. The highest BCUT2D eigenvalue weighted by atomic mass is 32.2. The Labute approximate surface area is 224 Å². The molecule has 0 saturated carbocycles. The summed E-state index contributed by atoms with van der Waals surface area (Å²) in [6.45, 7) is 1.32. The zero-order valence-electron chi connectivity index (χ0n) is 20.4. The smallest absolute Gasteiger partial charge is 0.286 e. The van der Waals surface area contributed by atoms with Crippen molar-refractivity contribution in [3.8, 4) is 11.5 Å². The van der Waals surface area contributed by atoms with Gasteiger partial charge in [0.05, 0.1) is 23.7 Å². The van der Waals surface area contributed by atoms with Crippen molar-refractivity contribution in [2.45, 2.75) is 55.4 Å². The summed E-state index contributed by atoms with van der Waals surface area (Å²) in [5.74, 6) is 1.17. The molecule has 2 aliphatic rings. The van der Waals surface area contributed by atoms with Crippen molar-refractivity contribution in [1.29, 1.82) is 0 Å². The second-order valence-corrected chi connectivity index (χ2v) is 11.3. The van der Waals surface area contributed by atoms with Gasteiger partial charge in [0.2, 0.25) is 11.8 Å². The third-order valence-electron chi connectivity index (χ3n) is 6.05. The molecule has 196 valence electrons. The Morgan fingerprint density at radius 2 is 0.946 bits per heavy atom. The number of nitrogens with one attached hydrogen (secondary N) is 2. The lowest BCUT2D eigenvalue weighted by Gasteiger charge is -2.09. The third kappa shape index (κ3) is 8.53. The summed E-state index contributed by atoms with van der Waals surface area (Å²) in [6, 6.07) is 15.4. The van der Waals surface area contributed by atoms with Gasteiger partial charge in [0.25, 0.3) is 10.5 Å². The van der Waals surface area contributed by atoms with Crippen LogP contribution >= 0.6 is 23.5 Å². The lowest BCUT2D eigenvalue weighted by molar-refractivity contribution is -0.119. The van der Waals surface area contributed by atoms with Crippen LogP contribution in [0.2, 0.25) is 0 Å². The molecule has 2 fully saturated rings. The zero-order valence-corrected chi connectivity index (χ0v) is 22.0. The van der Waals surface area contributed by atoms with E-state index in [1.807, 2.05) is 48.5 Å². The van der Waals surface area contributed by atoms with E-state index < -0.39 is 0 Å². The summed E-state index contributed by atoms with van der Waals surface area (Å²) in [7, 11) is 0. The number of hydrogen-bond acceptors (Lipinski definition) is 8. The van der Waals surface area contributed by atoms with Crippen LogP contribution in [0.5, 0.6) is 11.5 Å². The number of imide groups is 2. The van der Waals surface area contributed by atoms with Crippen molar-refractivity contribution in [1.82, 2.24) is 10.6 Å². The number of thioether (sulfide) groups is 2. The van der Waals surface area contributed by atoms with E-state index in [4.69, 9.17) is 9.47 Å². The molecule has 2 heterocycles. The fourth-order valence-electron chi connectivity index (χ4n) is 4.04. The van der Waals surface area contributed by atoms with Gasteiger partial charge in [-0.3, -0.25) is 29.8 Å². The van der Waals surface area contributed by atoms with E-state index in [2.05, 4.69) is 10.6 Å². The molecule has 4 rings (SSSR count). The molecule has 2 atom stereocenters. The van der Waals surface area contributed by atoms with Crippen molar-refractivity contribution in [2.75, 3.05) is 13.2 Å². The molecule has 10 heteroatoms. The largest absolute Gasteiger partial charge is 0.494 e. The van der Waals surface area contributed by atoms with Crippen molar-refractivity contribution in [3.05, 3.63) is 59.7 Å². The van der Waals surface area contributed by atoms with Gasteiger partial charge in [-0.25, -0.2) is 0 Å². The predicted octanol–water partition coefficient (Wildman–Crippen LogP) is 4.88. The average Bonchev–Trinajstić information content (AvgIpc) is 3.37. The number of rotatable bonds is 14. The van der Waals surface area contributed by atoms with Crippen LogP contribution < -0.4 is 20.1 Å². The first-order valence-electron chi connectivity index (χ1n) is 12.4. The van der Waals surface area contributed by atoms with Crippen LogP contribution in [0, 0.1) is 0 Å². The minimum absolute atomic E-state index is 0.220. The Balaban J connectivity index is 1.01. The molecule has 2 aromatic rings. The Kier molecular flexibility index (Phi) is 9.90. The van der Waals surface area contributed by atoms with Crippen LogP contribution in [0.15, 0.2) is 48.5 Å². The van der Waals surface area contributed by atoms with Gasteiger partial charge in [0, 0.05) is 0 Å². The molecule has 2 N–H and O–H groups in total. The first-order valence-corrected chi connectivity index (χ1v) is 14.2. The molecule has 0 bridgehead atoms. The maximum atomic E-state index is 11.7. The number of carbonyl (C=O) groups excluding carboxylic acids is 4. The summed E-state index contributed by atoms with van der Waals surface area (Å²) in [5, 5.41) is 3.36. The second kappa shape index (κ2) is 13.5. The highest BCUT2D eigenvalue weighted by Gasteiger charge is 2.32. The van der Waals surface area contributed by atoms with Gasteiger partial charge in [0.1, 0.15) is 11.5 Å². The molecule has 0 spiro atoms. The lowest BCUT2D eigenvalue weighted by atomic mass is 10.1. The molecule has 0 aromatic heterocycles. The number of benzene rings is 2. The van der Waals surface area contributed by atoms with Gasteiger partial charge in [-0.05, 0) is 61.1 Å². The molecular formula is C27H30N2O6S2. The standard InChI is InChI=1S/C27H30N2O6S2/c30-24-22(36-26(32)28-24)16-18-6-10-20(11-7-18)34-14-4-2-1-3-5-15-35-21-12-8-19(9-13-21)17-23-25(31)29-27(33)37-23/h6-13,22-23H,1-5,14-17H2,(H,28,30,32)(H,29,31,33). The molecule has 8 nitrogen and oxygen atoms in total. The summed E-state index contributed by atoms with van der Waals surface area (Å²) in [6.07, 6.45) is 6.31. The van der Waals surface area contributed by atoms with Crippen LogP contribution in [0.3, 0.4) is 0 Å². The van der Waals surface area contributed by atoms with Gasteiger partial charge in [0.15, 0.2) is 0 Å². The molecular weight excluding hydrogens is 512 g/mol. The van der Waals surface area contributed by atoms with Gasteiger partial charge in [-0.15, -0.1) is 0 Å². The second-order valence-electron chi connectivity index (χ2n) is 8.93. The minimum Gasteiger partial charge on any atom is -0.494 e. The van der Waals surface area contributed by atoms with Crippen molar-refractivity contribution in [3.63, 3.8) is 0 Å². The quantitative estimate of drug-likeness (QED) is 0.325. The molecule has 37 heavy (non-hydrogen) atoms. The van der Waals surface area contributed by atoms with Crippen molar-refractivity contribution < 1.29 is 28.7 Å². The number of hydrogen-bond donors (Lipinski definition) is 2. The summed E-state index contributed by atoms with van der Waals surface area (Å²) in [5.41, 5.74) is 2.01. The Hall–Kier alpha value is -2.98. The lowest BCUT2D eigenvalue weighted by Crippen LogP contribution is -2.25. The third-order valence-corrected chi connectivity index (χ3v) is 8.01. The van der Waals surface area contributed by atoms with Gasteiger partial charge < -0.3 is 9.47 Å².